The van der Waals surface area contributed by atoms with Gasteiger partial charge in [-0.05, 0) is 11.6 Å². The number of alkyl halides is 1. The van der Waals surface area contributed by atoms with Crippen molar-refractivity contribution < 1.29 is 9.53 Å². The van der Waals surface area contributed by atoms with Crippen LogP contribution in [0.4, 0.5) is 0 Å². The number of para-hydroxylation sites is 1. The number of rotatable bonds is 4. The SMILES string of the molecule is O=C(Cc1ccccc1)Oc1ccccc1CCl. The Morgan fingerprint density at radius 2 is 1.67 bits per heavy atom. The minimum Gasteiger partial charge on any atom is -0.426 e. The lowest BCUT2D eigenvalue weighted by Gasteiger charge is -2.07. The molecule has 0 spiro atoms. The molecule has 18 heavy (non-hydrogen) atoms. The Morgan fingerprint density at radius 1 is 1.00 bits per heavy atom. The summed E-state index contributed by atoms with van der Waals surface area (Å²) in [6.45, 7) is 0. The van der Waals surface area contributed by atoms with E-state index in [1.807, 2.05) is 48.5 Å². The molecule has 0 bridgehead atoms. The summed E-state index contributed by atoms with van der Waals surface area (Å²) in [7, 11) is 0. The fourth-order valence-electron chi connectivity index (χ4n) is 1.64. The molecule has 0 radical (unpaired) electrons. The molecule has 2 aromatic rings. The molecule has 0 aliphatic heterocycles. The highest BCUT2D eigenvalue weighted by molar-refractivity contribution is 6.17. The molecule has 0 saturated carbocycles. The van der Waals surface area contributed by atoms with Gasteiger partial charge in [-0.2, -0.15) is 0 Å². The van der Waals surface area contributed by atoms with Crippen LogP contribution in [0.15, 0.2) is 54.6 Å². The number of hydrogen-bond acceptors (Lipinski definition) is 2. The number of hydrogen-bond donors (Lipinski definition) is 0. The molecule has 0 unspecified atom stereocenters. The average molecular weight is 261 g/mol. The summed E-state index contributed by atoms with van der Waals surface area (Å²) in [5, 5.41) is 0. The van der Waals surface area contributed by atoms with Crippen molar-refractivity contribution in [1.29, 1.82) is 0 Å². The van der Waals surface area contributed by atoms with Crippen molar-refractivity contribution in [3.05, 3.63) is 65.7 Å². The van der Waals surface area contributed by atoms with Gasteiger partial charge in [-0.1, -0.05) is 48.5 Å². The second-order valence-electron chi connectivity index (χ2n) is 3.88. The highest BCUT2D eigenvalue weighted by Gasteiger charge is 2.08. The quantitative estimate of drug-likeness (QED) is 0.477. The topological polar surface area (TPSA) is 26.3 Å². The van der Waals surface area contributed by atoms with Crippen LogP contribution in [0.5, 0.6) is 5.75 Å². The van der Waals surface area contributed by atoms with E-state index in [0.717, 1.165) is 11.1 Å². The van der Waals surface area contributed by atoms with Gasteiger partial charge in [0.05, 0.1) is 12.3 Å². The second-order valence-corrected chi connectivity index (χ2v) is 4.15. The van der Waals surface area contributed by atoms with Crippen molar-refractivity contribution >= 4 is 17.6 Å². The molecule has 0 amide bonds. The van der Waals surface area contributed by atoms with Crippen molar-refractivity contribution in [2.24, 2.45) is 0 Å². The smallest absolute Gasteiger partial charge is 0.315 e. The molecular formula is C15H13ClO2. The standard InChI is InChI=1S/C15H13ClO2/c16-11-13-8-4-5-9-14(13)18-15(17)10-12-6-2-1-3-7-12/h1-9H,10-11H2. The predicted octanol–water partition coefficient (Wildman–Crippen LogP) is 3.57. The van der Waals surface area contributed by atoms with Crippen LogP contribution >= 0.6 is 11.6 Å². The van der Waals surface area contributed by atoms with Crippen molar-refractivity contribution in [3.63, 3.8) is 0 Å². The average Bonchev–Trinajstić information content (AvgIpc) is 2.40. The van der Waals surface area contributed by atoms with Crippen LogP contribution in [0.3, 0.4) is 0 Å². The molecule has 2 aromatic carbocycles. The van der Waals surface area contributed by atoms with Gasteiger partial charge in [0.15, 0.2) is 0 Å². The fourth-order valence-corrected chi connectivity index (χ4v) is 1.86. The monoisotopic (exact) mass is 260 g/mol. The third-order valence-electron chi connectivity index (χ3n) is 2.53. The van der Waals surface area contributed by atoms with Crippen LogP contribution in [0.25, 0.3) is 0 Å². The second kappa shape index (κ2) is 6.22. The van der Waals surface area contributed by atoms with Crippen LogP contribution in [0.2, 0.25) is 0 Å². The lowest BCUT2D eigenvalue weighted by molar-refractivity contribution is -0.133. The number of carbonyl (C=O) groups is 1. The van der Waals surface area contributed by atoms with E-state index in [4.69, 9.17) is 16.3 Å². The third kappa shape index (κ3) is 3.34. The van der Waals surface area contributed by atoms with Crippen LogP contribution in [-0.2, 0) is 17.1 Å². The summed E-state index contributed by atoms with van der Waals surface area (Å²) in [5.74, 6) is 0.585. The maximum atomic E-state index is 11.8. The first-order chi connectivity index (χ1) is 8.79. The number of halogens is 1. The molecule has 0 aromatic heterocycles. The summed E-state index contributed by atoms with van der Waals surface area (Å²) in [4.78, 5) is 11.8. The number of esters is 1. The van der Waals surface area contributed by atoms with Crippen LogP contribution in [-0.4, -0.2) is 5.97 Å². The van der Waals surface area contributed by atoms with Gasteiger partial charge in [0.2, 0.25) is 0 Å². The van der Waals surface area contributed by atoms with Crippen molar-refractivity contribution in [2.45, 2.75) is 12.3 Å². The Bertz CT molecular complexity index is 523. The number of carbonyl (C=O) groups excluding carboxylic acids is 1. The Labute approximate surface area is 111 Å². The molecule has 0 saturated heterocycles. The van der Waals surface area contributed by atoms with Gasteiger partial charge < -0.3 is 4.74 Å². The first-order valence-electron chi connectivity index (χ1n) is 5.68. The molecule has 0 fully saturated rings. The fraction of sp³-hybridized carbons (Fsp3) is 0.133. The summed E-state index contributed by atoms with van der Waals surface area (Å²) < 4.78 is 5.32. The highest BCUT2D eigenvalue weighted by Crippen LogP contribution is 2.20. The van der Waals surface area contributed by atoms with E-state index in [-0.39, 0.29) is 12.4 Å². The summed E-state index contributed by atoms with van der Waals surface area (Å²) in [5.41, 5.74) is 1.76. The van der Waals surface area contributed by atoms with E-state index in [1.165, 1.54) is 0 Å². The van der Waals surface area contributed by atoms with E-state index >= 15 is 0 Å². The normalized spacial score (nSPS) is 10.1. The minimum absolute atomic E-state index is 0.261. The van der Waals surface area contributed by atoms with Gasteiger partial charge in [0.1, 0.15) is 5.75 Å². The first-order valence-corrected chi connectivity index (χ1v) is 6.21. The minimum atomic E-state index is -0.279. The van der Waals surface area contributed by atoms with Gasteiger partial charge in [-0.25, -0.2) is 0 Å². The van der Waals surface area contributed by atoms with Gasteiger partial charge >= 0.3 is 5.97 Å². The summed E-state index contributed by atoms with van der Waals surface area (Å²) >= 11 is 5.78. The molecule has 0 aliphatic rings. The van der Waals surface area contributed by atoms with E-state index in [0.29, 0.717) is 11.6 Å². The van der Waals surface area contributed by atoms with Gasteiger partial charge in [0.25, 0.3) is 0 Å². The number of ether oxygens (including phenoxy) is 1. The zero-order valence-corrected chi connectivity index (χ0v) is 10.6. The summed E-state index contributed by atoms with van der Waals surface area (Å²) in [6.07, 6.45) is 0.261. The van der Waals surface area contributed by atoms with Crippen molar-refractivity contribution in [3.8, 4) is 5.75 Å². The van der Waals surface area contributed by atoms with E-state index in [1.54, 1.807) is 6.07 Å². The molecule has 2 nitrogen and oxygen atoms in total. The lowest BCUT2D eigenvalue weighted by Crippen LogP contribution is -2.12. The molecular weight excluding hydrogens is 248 g/mol. The highest BCUT2D eigenvalue weighted by atomic mass is 35.5. The Balaban J connectivity index is 2.03. The Hall–Kier alpha value is -1.80. The van der Waals surface area contributed by atoms with Gasteiger partial charge in [-0.15, -0.1) is 11.6 Å². The van der Waals surface area contributed by atoms with E-state index in [2.05, 4.69) is 0 Å². The largest absolute Gasteiger partial charge is 0.426 e. The van der Waals surface area contributed by atoms with E-state index < -0.39 is 0 Å². The Morgan fingerprint density at radius 3 is 2.39 bits per heavy atom. The van der Waals surface area contributed by atoms with E-state index in [9.17, 15) is 4.79 Å². The zero-order chi connectivity index (χ0) is 12.8. The third-order valence-corrected chi connectivity index (χ3v) is 2.82. The predicted molar refractivity (Wildman–Crippen MR) is 71.8 cm³/mol. The molecule has 3 heteroatoms. The molecule has 92 valence electrons. The Kier molecular flexibility index (Phi) is 4.37. The van der Waals surface area contributed by atoms with Gasteiger partial charge in [-0.3, -0.25) is 4.79 Å². The lowest BCUT2D eigenvalue weighted by atomic mass is 10.1. The van der Waals surface area contributed by atoms with Crippen molar-refractivity contribution in [2.75, 3.05) is 0 Å². The first kappa shape index (κ1) is 12.7. The molecule has 0 N–H and O–H groups in total. The maximum Gasteiger partial charge on any atom is 0.315 e. The zero-order valence-electron chi connectivity index (χ0n) is 9.80. The summed E-state index contributed by atoms with van der Waals surface area (Å²) in [6, 6.07) is 16.8. The molecule has 0 aliphatic carbocycles. The molecule has 0 heterocycles. The van der Waals surface area contributed by atoms with Crippen molar-refractivity contribution in [1.82, 2.24) is 0 Å². The van der Waals surface area contributed by atoms with Crippen LogP contribution < -0.4 is 4.74 Å². The van der Waals surface area contributed by atoms with Crippen LogP contribution in [0, 0.1) is 0 Å². The maximum absolute atomic E-state index is 11.8. The van der Waals surface area contributed by atoms with Crippen LogP contribution in [0.1, 0.15) is 11.1 Å². The van der Waals surface area contributed by atoms with Gasteiger partial charge in [0, 0.05) is 5.56 Å². The molecule has 0 atom stereocenters. The number of benzene rings is 2. The molecule has 2 rings (SSSR count).